The molecule has 1 heterocycles. The topological polar surface area (TPSA) is 74.7 Å². The monoisotopic (exact) mass is 481 g/mol. The number of nitrogens with one attached hydrogen (secondary N) is 1. The minimum atomic E-state index is -0.0822. The third-order valence-corrected chi connectivity index (χ3v) is 6.87. The van der Waals surface area contributed by atoms with Gasteiger partial charge >= 0.3 is 0 Å². The summed E-state index contributed by atoms with van der Waals surface area (Å²) in [5, 5.41) is 15.0. The molecule has 0 spiro atoms. The third kappa shape index (κ3) is 5.13. The Kier molecular flexibility index (Phi) is 7.29. The number of phenols is 1. The van der Waals surface area contributed by atoms with Crippen LogP contribution in [0.4, 0.5) is 5.69 Å². The van der Waals surface area contributed by atoms with Crippen molar-refractivity contribution in [3.8, 4) is 22.6 Å². The first kappa shape index (κ1) is 24.3. The fourth-order valence-corrected chi connectivity index (χ4v) is 5.21. The Hall–Kier alpha value is -2.83. The Morgan fingerprint density at radius 1 is 1.24 bits per heavy atom. The van der Waals surface area contributed by atoms with Gasteiger partial charge in [-0.3, -0.25) is 9.78 Å². The zero-order valence-electron chi connectivity index (χ0n) is 20.2. The van der Waals surface area contributed by atoms with Crippen LogP contribution < -0.4 is 10.1 Å². The van der Waals surface area contributed by atoms with Gasteiger partial charge < -0.3 is 20.1 Å². The van der Waals surface area contributed by atoms with E-state index in [1.54, 1.807) is 25.3 Å². The highest BCUT2D eigenvalue weighted by molar-refractivity contribution is 6.32. The van der Waals surface area contributed by atoms with Gasteiger partial charge in [-0.25, -0.2) is 0 Å². The Morgan fingerprint density at radius 2 is 2.03 bits per heavy atom. The van der Waals surface area contributed by atoms with Crippen LogP contribution in [0.25, 0.3) is 22.0 Å². The standard InChI is InChI=1S/C27H32ClN3O3/c1-16(32)22-14-29-24-9-8-18(19-12-23(28)27(33)25(13-19)34-4)11-21(24)26(22)30-20-7-5-6-17(10-20)15-31(2)3/h8-9,11-14,17,20,33H,5-7,10,15H2,1-4H3,(H,29,30)/t17-,20-/m1/s1. The zero-order chi connectivity index (χ0) is 24.4. The predicted molar refractivity (Wildman–Crippen MR) is 138 cm³/mol. The molecule has 1 aromatic heterocycles. The van der Waals surface area contributed by atoms with Crippen LogP contribution in [0.3, 0.4) is 0 Å². The zero-order valence-corrected chi connectivity index (χ0v) is 20.9. The Labute approximate surface area is 205 Å². The maximum absolute atomic E-state index is 12.5. The Morgan fingerprint density at radius 3 is 2.74 bits per heavy atom. The van der Waals surface area contributed by atoms with E-state index in [2.05, 4.69) is 29.3 Å². The Bertz CT molecular complexity index is 1210. The van der Waals surface area contributed by atoms with Crippen LogP contribution >= 0.6 is 11.6 Å². The summed E-state index contributed by atoms with van der Waals surface area (Å²) < 4.78 is 5.28. The van der Waals surface area contributed by atoms with E-state index in [1.165, 1.54) is 20.0 Å². The second kappa shape index (κ2) is 10.2. The number of pyridine rings is 1. The van der Waals surface area contributed by atoms with Crippen LogP contribution in [-0.4, -0.2) is 54.6 Å². The molecule has 0 amide bonds. The van der Waals surface area contributed by atoms with E-state index in [9.17, 15) is 9.90 Å². The van der Waals surface area contributed by atoms with Crippen LogP contribution in [0.1, 0.15) is 43.0 Å². The largest absolute Gasteiger partial charge is 0.503 e. The number of fused-ring (bicyclic) bond motifs is 1. The van der Waals surface area contributed by atoms with Crippen LogP contribution in [0, 0.1) is 5.92 Å². The third-order valence-electron chi connectivity index (χ3n) is 6.58. The van der Waals surface area contributed by atoms with Crippen molar-refractivity contribution in [1.82, 2.24) is 9.88 Å². The lowest BCUT2D eigenvalue weighted by molar-refractivity contribution is 0.101. The molecular weight excluding hydrogens is 450 g/mol. The van der Waals surface area contributed by atoms with Gasteiger partial charge in [-0.1, -0.05) is 24.1 Å². The van der Waals surface area contributed by atoms with Gasteiger partial charge in [-0.15, -0.1) is 0 Å². The molecule has 2 aromatic carbocycles. The lowest BCUT2D eigenvalue weighted by atomic mass is 9.85. The quantitative estimate of drug-likeness (QED) is 0.403. The first-order chi connectivity index (χ1) is 16.3. The van der Waals surface area contributed by atoms with E-state index >= 15 is 0 Å². The summed E-state index contributed by atoms with van der Waals surface area (Å²) in [6.07, 6.45) is 6.23. The molecule has 4 rings (SSSR count). The number of Topliss-reactive ketones (excluding diaryl/α,β-unsaturated/α-hetero) is 1. The van der Waals surface area contributed by atoms with E-state index in [0.29, 0.717) is 23.3 Å². The van der Waals surface area contributed by atoms with Crippen molar-refractivity contribution in [2.45, 2.75) is 38.6 Å². The summed E-state index contributed by atoms with van der Waals surface area (Å²) in [6, 6.07) is 9.70. The molecule has 2 atom stereocenters. The molecule has 6 nitrogen and oxygen atoms in total. The number of carbonyl (C=O) groups is 1. The number of ether oxygens (including phenoxy) is 1. The lowest BCUT2D eigenvalue weighted by Gasteiger charge is -2.32. The molecule has 1 saturated carbocycles. The molecule has 0 radical (unpaired) electrons. The number of phenolic OH excluding ortho intramolecular Hbond substituents is 1. The average Bonchev–Trinajstić information content (AvgIpc) is 2.80. The second-order valence-electron chi connectivity index (χ2n) is 9.48. The molecule has 0 saturated heterocycles. The highest BCUT2D eigenvalue weighted by Gasteiger charge is 2.24. The number of ketones is 1. The van der Waals surface area contributed by atoms with Gasteiger partial charge in [-0.2, -0.15) is 0 Å². The van der Waals surface area contributed by atoms with Crippen molar-refractivity contribution in [1.29, 1.82) is 0 Å². The number of hydrogen-bond acceptors (Lipinski definition) is 6. The van der Waals surface area contributed by atoms with Gasteiger partial charge in [0.25, 0.3) is 0 Å². The number of rotatable bonds is 7. The van der Waals surface area contributed by atoms with E-state index in [0.717, 1.165) is 47.1 Å². The molecule has 1 fully saturated rings. The number of aromatic hydroxyl groups is 1. The molecule has 2 N–H and O–H groups in total. The second-order valence-corrected chi connectivity index (χ2v) is 9.89. The van der Waals surface area contributed by atoms with Crippen LogP contribution in [0.15, 0.2) is 36.5 Å². The summed E-state index contributed by atoms with van der Waals surface area (Å²) in [5.41, 5.74) is 3.96. The number of aromatic nitrogens is 1. The SMILES string of the molecule is COc1cc(-c2ccc3ncc(C(C)=O)c(N[C@@H]4CCC[C@@H](CN(C)C)C4)c3c2)cc(Cl)c1O. The Balaban J connectivity index is 1.77. The number of methoxy groups -OCH3 is 1. The number of benzene rings is 2. The van der Waals surface area contributed by atoms with Gasteiger partial charge in [0, 0.05) is 24.2 Å². The maximum atomic E-state index is 12.5. The van der Waals surface area contributed by atoms with Crippen molar-refractivity contribution in [2.24, 2.45) is 5.92 Å². The van der Waals surface area contributed by atoms with E-state index < -0.39 is 0 Å². The van der Waals surface area contributed by atoms with Crippen molar-refractivity contribution < 1.29 is 14.6 Å². The summed E-state index contributed by atoms with van der Waals surface area (Å²) in [5.74, 6) is 0.849. The smallest absolute Gasteiger partial charge is 0.176 e. The number of halogens is 1. The lowest BCUT2D eigenvalue weighted by Crippen LogP contribution is -2.32. The van der Waals surface area contributed by atoms with Crippen molar-refractivity contribution in [3.05, 3.63) is 47.1 Å². The van der Waals surface area contributed by atoms with Crippen molar-refractivity contribution in [2.75, 3.05) is 33.1 Å². The van der Waals surface area contributed by atoms with Gasteiger partial charge in [-0.05, 0) is 81.6 Å². The first-order valence-corrected chi connectivity index (χ1v) is 12.1. The molecule has 1 aliphatic carbocycles. The van der Waals surface area contributed by atoms with Crippen LogP contribution in [0.2, 0.25) is 5.02 Å². The van der Waals surface area contributed by atoms with Crippen molar-refractivity contribution in [3.63, 3.8) is 0 Å². The van der Waals surface area contributed by atoms with E-state index in [1.807, 2.05) is 18.2 Å². The first-order valence-electron chi connectivity index (χ1n) is 11.7. The highest BCUT2D eigenvalue weighted by atomic mass is 35.5. The number of hydrogen-bond donors (Lipinski definition) is 2. The molecule has 7 heteroatoms. The molecule has 34 heavy (non-hydrogen) atoms. The minimum Gasteiger partial charge on any atom is -0.503 e. The van der Waals surface area contributed by atoms with Crippen LogP contribution in [-0.2, 0) is 0 Å². The number of anilines is 1. The fraction of sp³-hybridized carbons (Fsp3) is 0.407. The summed E-state index contributed by atoms with van der Waals surface area (Å²) in [6.45, 7) is 2.65. The summed E-state index contributed by atoms with van der Waals surface area (Å²) in [7, 11) is 5.73. The van der Waals surface area contributed by atoms with Crippen LogP contribution in [0.5, 0.6) is 11.5 Å². The minimum absolute atomic E-state index is 0.0164. The molecule has 0 unspecified atom stereocenters. The van der Waals surface area contributed by atoms with Gasteiger partial charge in [0.1, 0.15) is 0 Å². The summed E-state index contributed by atoms with van der Waals surface area (Å²) in [4.78, 5) is 19.3. The van der Waals surface area contributed by atoms with Crippen molar-refractivity contribution >= 4 is 34.0 Å². The molecule has 180 valence electrons. The number of carbonyl (C=O) groups excluding carboxylic acids is 1. The van der Waals surface area contributed by atoms with E-state index in [-0.39, 0.29) is 16.6 Å². The normalized spacial score (nSPS) is 18.3. The molecular formula is C27H32ClN3O3. The highest BCUT2D eigenvalue weighted by Crippen LogP contribution is 2.40. The molecule has 1 aliphatic rings. The molecule has 0 bridgehead atoms. The molecule has 3 aromatic rings. The summed E-state index contributed by atoms with van der Waals surface area (Å²) >= 11 is 6.24. The van der Waals surface area contributed by atoms with Gasteiger partial charge in [0.05, 0.1) is 28.9 Å². The van der Waals surface area contributed by atoms with E-state index in [4.69, 9.17) is 16.3 Å². The maximum Gasteiger partial charge on any atom is 0.176 e. The van der Waals surface area contributed by atoms with Gasteiger partial charge in [0.15, 0.2) is 17.3 Å². The van der Waals surface area contributed by atoms with Gasteiger partial charge in [0.2, 0.25) is 0 Å². The number of nitrogens with zero attached hydrogens (tertiary/aromatic N) is 2. The predicted octanol–water partition coefficient (Wildman–Crippen LogP) is 6.00. The molecule has 0 aliphatic heterocycles. The average molecular weight is 482 g/mol. The fourth-order valence-electron chi connectivity index (χ4n) is 5.00.